The number of benzene rings is 1. The van der Waals surface area contributed by atoms with E-state index in [9.17, 15) is 4.79 Å². The van der Waals surface area contributed by atoms with E-state index < -0.39 is 6.09 Å². The molecule has 1 unspecified atom stereocenters. The third-order valence-corrected chi connectivity index (χ3v) is 2.64. The molecule has 0 fully saturated rings. The van der Waals surface area contributed by atoms with Crippen LogP contribution in [0.3, 0.4) is 0 Å². The lowest BCUT2D eigenvalue weighted by atomic mass is 10.0. The first-order valence-electron chi connectivity index (χ1n) is 4.71. The topological polar surface area (TPSA) is 73.1 Å². The molecule has 1 aromatic carbocycles. The molecule has 0 aliphatic heterocycles. The molecule has 1 aliphatic carbocycles. The molecule has 4 nitrogen and oxygen atoms in total. The molecule has 0 saturated carbocycles. The van der Waals surface area contributed by atoms with Gasteiger partial charge in [0, 0.05) is 6.04 Å². The molecule has 1 aromatic rings. The highest BCUT2D eigenvalue weighted by Crippen LogP contribution is 2.25. The molecule has 1 amide bonds. The van der Waals surface area contributed by atoms with E-state index in [1.54, 1.807) is 6.07 Å². The summed E-state index contributed by atoms with van der Waals surface area (Å²) in [4.78, 5) is 10.5. The summed E-state index contributed by atoms with van der Waals surface area (Å²) in [6.45, 7) is 0. The quantitative estimate of drug-likeness (QED) is 0.720. The maximum atomic E-state index is 10.5. The number of rotatable bonds is 1. The van der Waals surface area contributed by atoms with Crippen molar-refractivity contribution >= 4 is 6.09 Å². The third-order valence-electron chi connectivity index (χ3n) is 2.64. The molecule has 0 saturated heterocycles. The summed E-state index contributed by atoms with van der Waals surface area (Å²) in [5.41, 5.74) is 2.72. The molecule has 4 heteroatoms. The minimum atomic E-state index is -1.01. The van der Waals surface area contributed by atoms with Gasteiger partial charge in [-0.1, -0.05) is 12.1 Å². The summed E-state index contributed by atoms with van der Waals surface area (Å²) < 4.78 is 0. The summed E-state index contributed by atoms with van der Waals surface area (Å²) in [5, 5.41) is 19.9. The Bertz CT molecular complexity index is 448. The Balaban J connectivity index is 2.24. The predicted octanol–water partition coefficient (Wildman–Crippen LogP) is 1.29. The summed E-state index contributed by atoms with van der Waals surface area (Å²) in [5.74, 6) is 0. The molecule has 0 aromatic heterocycles. The molecule has 2 N–H and O–H groups in total. The van der Waals surface area contributed by atoms with E-state index in [2.05, 4.69) is 11.4 Å². The average molecular weight is 202 g/mol. The zero-order valence-corrected chi connectivity index (χ0v) is 8.03. The number of nitrogens with one attached hydrogen (secondary N) is 1. The van der Waals surface area contributed by atoms with Crippen LogP contribution in [0.4, 0.5) is 4.79 Å². The zero-order chi connectivity index (χ0) is 10.8. The van der Waals surface area contributed by atoms with Gasteiger partial charge in [-0.3, -0.25) is 0 Å². The fraction of sp³-hybridized carbons (Fsp3) is 0.273. The van der Waals surface area contributed by atoms with E-state index in [4.69, 9.17) is 10.4 Å². The van der Waals surface area contributed by atoms with Crippen LogP contribution >= 0.6 is 0 Å². The largest absolute Gasteiger partial charge is 0.465 e. The Hall–Kier alpha value is -2.02. The molecule has 0 radical (unpaired) electrons. The van der Waals surface area contributed by atoms with E-state index in [0.717, 1.165) is 11.1 Å². The number of carboxylic acid groups (broad SMARTS) is 1. The van der Waals surface area contributed by atoms with E-state index in [-0.39, 0.29) is 6.04 Å². The molecule has 76 valence electrons. The fourth-order valence-corrected chi connectivity index (χ4v) is 2.03. The fourth-order valence-electron chi connectivity index (χ4n) is 2.03. The van der Waals surface area contributed by atoms with E-state index in [0.29, 0.717) is 18.4 Å². The minimum Gasteiger partial charge on any atom is -0.465 e. The van der Waals surface area contributed by atoms with Gasteiger partial charge < -0.3 is 10.4 Å². The van der Waals surface area contributed by atoms with Crippen LogP contribution in [0.5, 0.6) is 0 Å². The summed E-state index contributed by atoms with van der Waals surface area (Å²) >= 11 is 0. The molecule has 1 atom stereocenters. The lowest BCUT2D eigenvalue weighted by molar-refractivity contribution is 0.190. The standard InChI is InChI=1S/C11H10N2O2/c12-6-8-3-1-2-7-4-9(5-10(7)8)13-11(14)15/h1-3,9,13H,4-5H2,(H,14,15). The van der Waals surface area contributed by atoms with Gasteiger partial charge in [-0.15, -0.1) is 0 Å². The van der Waals surface area contributed by atoms with Crippen molar-refractivity contribution in [1.82, 2.24) is 5.32 Å². The second-order valence-corrected chi connectivity index (χ2v) is 3.61. The number of carbonyl (C=O) groups is 1. The number of fused-ring (bicyclic) bond motifs is 1. The second-order valence-electron chi connectivity index (χ2n) is 3.61. The highest BCUT2D eigenvalue weighted by Gasteiger charge is 2.24. The predicted molar refractivity (Wildman–Crippen MR) is 53.5 cm³/mol. The van der Waals surface area contributed by atoms with Crippen molar-refractivity contribution in [3.63, 3.8) is 0 Å². The van der Waals surface area contributed by atoms with Gasteiger partial charge in [0.15, 0.2) is 0 Å². The average Bonchev–Trinajstić information content (AvgIpc) is 2.58. The summed E-state index contributed by atoms with van der Waals surface area (Å²) in [6.07, 6.45) is 0.286. The molecule has 0 heterocycles. The van der Waals surface area contributed by atoms with Gasteiger partial charge in [0.2, 0.25) is 0 Å². The monoisotopic (exact) mass is 202 g/mol. The first kappa shape index (κ1) is 9.53. The second kappa shape index (κ2) is 3.62. The Morgan fingerprint density at radius 1 is 1.53 bits per heavy atom. The van der Waals surface area contributed by atoms with Crippen LogP contribution in [0.15, 0.2) is 18.2 Å². The van der Waals surface area contributed by atoms with Crippen LogP contribution in [-0.2, 0) is 12.8 Å². The van der Waals surface area contributed by atoms with Crippen molar-refractivity contribution < 1.29 is 9.90 Å². The van der Waals surface area contributed by atoms with Gasteiger partial charge in [-0.05, 0) is 30.0 Å². The number of hydrogen-bond acceptors (Lipinski definition) is 2. The molecule has 0 bridgehead atoms. The van der Waals surface area contributed by atoms with Crippen LogP contribution in [-0.4, -0.2) is 17.2 Å². The number of nitrogens with zero attached hydrogens (tertiary/aromatic N) is 1. The maximum Gasteiger partial charge on any atom is 0.404 e. The van der Waals surface area contributed by atoms with Gasteiger partial charge in [-0.25, -0.2) is 4.79 Å². The smallest absolute Gasteiger partial charge is 0.404 e. The van der Waals surface area contributed by atoms with Crippen LogP contribution in [0.1, 0.15) is 16.7 Å². The van der Waals surface area contributed by atoms with Gasteiger partial charge >= 0.3 is 6.09 Å². The lowest BCUT2D eigenvalue weighted by Crippen LogP contribution is -2.33. The van der Waals surface area contributed by atoms with Crippen LogP contribution < -0.4 is 5.32 Å². The van der Waals surface area contributed by atoms with Gasteiger partial charge in [0.05, 0.1) is 11.6 Å². The highest BCUT2D eigenvalue weighted by atomic mass is 16.4. The van der Waals surface area contributed by atoms with E-state index in [1.807, 2.05) is 12.1 Å². The Kier molecular flexibility index (Phi) is 2.30. The Morgan fingerprint density at radius 2 is 2.33 bits per heavy atom. The Morgan fingerprint density at radius 3 is 3.00 bits per heavy atom. The van der Waals surface area contributed by atoms with Crippen molar-refractivity contribution in [2.45, 2.75) is 18.9 Å². The molecule has 2 rings (SSSR count). The normalized spacial score (nSPS) is 17.9. The first-order valence-corrected chi connectivity index (χ1v) is 4.71. The van der Waals surface area contributed by atoms with Gasteiger partial charge in [0.25, 0.3) is 0 Å². The van der Waals surface area contributed by atoms with Crippen molar-refractivity contribution in [3.8, 4) is 6.07 Å². The van der Waals surface area contributed by atoms with Crippen LogP contribution in [0.25, 0.3) is 0 Å². The minimum absolute atomic E-state index is 0.0907. The number of hydrogen-bond donors (Lipinski definition) is 2. The first-order chi connectivity index (χ1) is 7.20. The van der Waals surface area contributed by atoms with Crippen LogP contribution in [0.2, 0.25) is 0 Å². The van der Waals surface area contributed by atoms with Crippen molar-refractivity contribution in [2.75, 3.05) is 0 Å². The lowest BCUT2D eigenvalue weighted by Gasteiger charge is -2.07. The molecule has 0 spiro atoms. The van der Waals surface area contributed by atoms with Crippen molar-refractivity contribution in [1.29, 1.82) is 5.26 Å². The summed E-state index contributed by atoms with van der Waals surface area (Å²) in [6, 6.07) is 7.58. The number of nitriles is 1. The molecule has 15 heavy (non-hydrogen) atoms. The number of amides is 1. The molecular weight excluding hydrogens is 192 g/mol. The maximum absolute atomic E-state index is 10.5. The van der Waals surface area contributed by atoms with E-state index >= 15 is 0 Å². The zero-order valence-electron chi connectivity index (χ0n) is 8.03. The van der Waals surface area contributed by atoms with Gasteiger partial charge in [-0.2, -0.15) is 5.26 Å². The van der Waals surface area contributed by atoms with Crippen molar-refractivity contribution in [2.24, 2.45) is 0 Å². The SMILES string of the molecule is N#Cc1cccc2c1CC(NC(=O)O)C2. The molecular formula is C11H10N2O2. The highest BCUT2D eigenvalue weighted by molar-refractivity contribution is 5.65. The third kappa shape index (κ3) is 1.77. The van der Waals surface area contributed by atoms with E-state index in [1.165, 1.54) is 0 Å². The van der Waals surface area contributed by atoms with Crippen LogP contribution in [0, 0.1) is 11.3 Å². The van der Waals surface area contributed by atoms with Crippen molar-refractivity contribution in [3.05, 3.63) is 34.9 Å². The molecule has 1 aliphatic rings. The van der Waals surface area contributed by atoms with Gasteiger partial charge in [0.1, 0.15) is 0 Å². The Labute approximate surface area is 87.1 Å². The summed E-state index contributed by atoms with van der Waals surface area (Å²) in [7, 11) is 0.